The first-order chi connectivity index (χ1) is 8.76. The molecule has 1 aliphatic rings. The van der Waals surface area contributed by atoms with Crippen LogP contribution in [0.25, 0.3) is 0 Å². The number of hydrogen-bond acceptors (Lipinski definition) is 3. The molecule has 2 atom stereocenters. The molecule has 1 aromatic heterocycles. The van der Waals surface area contributed by atoms with E-state index in [4.69, 9.17) is 4.98 Å². The van der Waals surface area contributed by atoms with Gasteiger partial charge in [0.15, 0.2) is 0 Å². The van der Waals surface area contributed by atoms with Gasteiger partial charge in [0.2, 0.25) is 0 Å². The van der Waals surface area contributed by atoms with E-state index in [2.05, 4.69) is 49.2 Å². The van der Waals surface area contributed by atoms with Crippen molar-refractivity contribution in [1.29, 1.82) is 0 Å². The molecule has 0 bridgehead atoms. The van der Waals surface area contributed by atoms with E-state index in [1.54, 1.807) is 0 Å². The van der Waals surface area contributed by atoms with Gasteiger partial charge in [0, 0.05) is 18.6 Å². The fraction of sp³-hybridized carbons (Fsp3) is 0.667. The van der Waals surface area contributed by atoms with Crippen LogP contribution in [-0.4, -0.2) is 23.6 Å². The second kappa shape index (κ2) is 6.07. The molecule has 1 aliphatic heterocycles. The average molecular weight is 247 g/mol. The highest BCUT2D eigenvalue weighted by atomic mass is 15.3. The van der Waals surface area contributed by atoms with E-state index in [0.29, 0.717) is 12.1 Å². The molecular formula is C15H25N3. The van der Waals surface area contributed by atoms with Crippen LogP contribution < -0.4 is 10.2 Å². The smallest absolute Gasteiger partial charge is 0.131 e. The molecule has 0 radical (unpaired) electrons. The summed E-state index contributed by atoms with van der Waals surface area (Å²) >= 11 is 0. The number of nitrogens with one attached hydrogen (secondary N) is 1. The molecule has 2 unspecified atom stereocenters. The first-order valence-corrected chi connectivity index (χ1v) is 7.25. The van der Waals surface area contributed by atoms with Crippen LogP contribution in [0.2, 0.25) is 0 Å². The summed E-state index contributed by atoms with van der Waals surface area (Å²) in [5.74, 6) is 2.14. The molecule has 0 aromatic carbocycles. The molecule has 100 valence electrons. The Kier molecular flexibility index (Phi) is 4.45. The molecular weight excluding hydrogens is 222 g/mol. The maximum atomic E-state index is 4.76. The fourth-order valence-electron chi connectivity index (χ4n) is 2.80. The van der Waals surface area contributed by atoms with Crippen molar-refractivity contribution < 1.29 is 0 Å². The lowest BCUT2D eigenvalue weighted by atomic mass is 10.1. The second-order valence-electron chi connectivity index (χ2n) is 5.20. The van der Waals surface area contributed by atoms with Crippen LogP contribution in [0.1, 0.15) is 46.5 Å². The minimum absolute atomic E-state index is 0.615. The summed E-state index contributed by atoms with van der Waals surface area (Å²) in [6, 6.07) is 7.58. The maximum Gasteiger partial charge on any atom is 0.131 e. The lowest BCUT2D eigenvalue weighted by Gasteiger charge is -2.29. The third-order valence-electron chi connectivity index (χ3n) is 3.81. The topological polar surface area (TPSA) is 28.2 Å². The van der Waals surface area contributed by atoms with E-state index in [1.807, 2.05) is 0 Å². The van der Waals surface area contributed by atoms with Gasteiger partial charge in [-0.2, -0.15) is 0 Å². The van der Waals surface area contributed by atoms with Gasteiger partial charge in [-0.3, -0.25) is 0 Å². The number of nitrogens with zero attached hydrogens (tertiary/aromatic N) is 2. The number of rotatable bonds is 5. The highest BCUT2D eigenvalue weighted by Gasteiger charge is 2.30. The van der Waals surface area contributed by atoms with E-state index < -0.39 is 0 Å². The van der Waals surface area contributed by atoms with Crippen LogP contribution in [-0.2, 0) is 0 Å². The summed E-state index contributed by atoms with van der Waals surface area (Å²) in [5, 5.41) is 3.37. The minimum atomic E-state index is 0.615. The van der Waals surface area contributed by atoms with Crippen molar-refractivity contribution in [2.24, 2.45) is 0 Å². The molecule has 0 amide bonds. The maximum absolute atomic E-state index is 4.76. The number of pyridine rings is 1. The van der Waals surface area contributed by atoms with Gasteiger partial charge < -0.3 is 10.2 Å². The lowest BCUT2D eigenvalue weighted by molar-refractivity contribution is 0.621. The largest absolute Gasteiger partial charge is 0.370 e. The van der Waals surface area contributed by atoms with Crippen molar-refractivity contribution >= 4 is 11.6 Å². The fourth-order valence-corrected chi connectivity index (χ4v) is 2.80. The molecule has 0 saturated carbocycles. The Bertz CT molecular complexity index is 378. The average Bonchev–Trinajstić information content (AvgIpc) is 2.78. The first kappa shape index (κ1) is 13.2. The van der Waals surface area contributed by atoms with Crippen molar-refractivity contribution in [3.8, 4) is 0 Å². The zero-order valence-electron chi connectivity index (χ0n) is 11.8. The highest BCUT2D eigenvalue weighted by molar-refractivity contribution is 5.49. The highest BCUT2D eigenvalue weighted by Crippen LogP contribution is 2.31. The quantitative estimate of drug-likeness (QED) is 0.860. The van der Waals surface area contributed by atoms with Crippen LogP contribution >= 0.6 is 0 Å². The Labute approximate surface area is 111 Å². The molecule has 0 aliphatic carbocycles. The van der Waals surface area contributed by atoms with E-state index in [9.17, 15) is 0 Å². The number of anilines is 2. The standard InChI is InChI=1S/C15H25N3/c1-4-11-16-14-7-6-8-15(17-14)18-12(3)9-10-13(18)5-2/h6-8,12-13H,4-5,9-11H2,1-3H3,(H,16,17). The molecule has 3 heteroatoms. The van der Waals surface area contributed by atoms with E-state index in [-0.39, 0.29) is 0 Å². The molecule has 1 aromatic rings. The van der Waals surface area contributed by atoms with E-state index in [0.717, 1.165) is 24.6 Å². The summed E-state index contributed by atoms with van der Waals surface area (Å²) in [7, 11) is 0. The minimum Gasteiger partial charge on any atom is -0.370 e. The molecule has 18 heavy (non-hydrogen) atoms. The zero-order valence-corrected chi connectivity index (χ0v) is 11.8. The molecule has 2 rings (SSSR count). The van der Waals surface area contributed by atoms with Crippen LogP contribution in [0.5, 0.6) is 0 Å². The molecule has 2 heterocycles. The van der Waals surface area contributed by atoms with E-state index in [1.165, 1.54) is 19.3 Å². The van der Waals surface area contributed by atoms with Gasteiger partial charge >= 0.3 is 0 Å². The van der Waals surface area contributed by atoms with Crippen molar-refractivity contribution in [2.75, 3.05) is 16.8 Å². The van der Waals surface area contributed by atoms with Crippen molar-refractivity contribution in [2.45, 2.75) is 58.5 Å². The van der Waals surface area contributed by atoms with Gasteiger partial charge in [0.05, 0.1) is 0 Å². The Morgan fingerprint density at radius 3 is 2.89 bits per heavy atom. The summed E-state index contributed by atoms with van der Waals surface area (Å²) in [4.78, 5) is 7.25. The molecule has 3 nitrogen and oxygen atoms in total. The predicted octanol–water partition coefficient (Wildman–Crippen LogP) is 3.67. The van der Waals surface area contributed by atoms with Crippen LogP contribution in [0.15, 0.2) is 18.2 Å². The first-order valence-electron chi connectivity index (χ1n) is 7.25. The van der Waals surface area contributed by atoms with Crippen LogP contribution in [0.3, 0.4) is 0 Å². The summed E-state index contributed by atoms with van der Waals surface area (Å²) in [6.07, 6.45) is 4.92. The van der Waals surface area contributed by atoms with Gasteiger partial charge in [-0.05, 0) is 44.7 Å². The summed E-state index contributed by atoms with van der Waals surface area (Å²) in [5.41, 5.74) is 0. The molecule has 1 saturated heterocycles. The SMILES string of the molecule is CCCNc1cccc(N2C(C)CCC2CC)n1. The van der Waals surface area contributed by atoms with Gasteiger partial charge in [-0.15, -0.1) is 0 Å². The Morgan fingerprint density at radius 2 is 2.17 bits per heavy atom. The summed E-state index contributed by atoms with van der Waals surface area (Å²) in [6.45, 7) is 7.74. The van der Waals surface area contributed by atoms with Gasteiger partial charge in [-0.25, -0.2) is 4.98 Å². The third kappa shape index (κ3) is 2.77. The van der Waals surface area contributed by atoms with E-state index >= 15 is 0 Å². The summed E-state index contributed by atoms with van der Waals surface area (Å²) < 4.78 is 0. The Morgan fingerprint density at radius 1 is 1.33 bits per heavy atom. The van der Waals surface area contributed by atoms with Crippen molar-refractivity contribution in [1.82, 2.24) is 4.98 Å². The van der Waals surface area contributed by atoms with Crippen molar-refractivity contribution in [3.05, 3.63) is 18.2 Å². The van der Waals surface area contributed by atoms with Gasteiger partial charge in [-0.1, -0.05) is 19.9 Å². The Balaban J connectivity index is 2.16. The normalized spacial score (nSPS) is 23.4. The van der Waals surface area contributed by atoms with Gasteiger partial charge in [0.1, 0.15) is 11.6 Å². The predicted molar refractivity (Wildman–Crippen MR) is 78.3 cm³/mol. The lowest BCUT2D eigenvalue weighted by Crippen LogP contribution is -2.34. The van der Waals surface area contributed by atoms with Gasteiger partial charge in [0.25, 0.3) is 0 Å². The zero-order chi connectivity index (χ0) is 13.0. The molecule has 0 spiro atoms. The molecule has 1 N–H and O–H groups in total. The monoisotopic (exact) mass is 247 g/mol. The number of aromatic nitrogens is 1. The van der Waals surface area contributed by atoms with Crippen LogP contribution in [0.4, 0.5) is 11.6 Å². The Hall–Kier alpha value is -1.25. The van der Waals surface area contributed by atoms with Crippen molar-refractivity contribution in [3.63, 3.8) is 0 Å². The third-order valence-corrected chi connectivity index (χ3v) is 3.81. The second-order valence-corrected chi connectivity index (χ2v) is 5.20. The number of hydrogen-bond donors (Lipinski definition) is 1. The molecule has 1 fully saturated rings. The van der Waals surface area contributed by atoms with Crippen LogP contribution in [0, 0.1) is 0 Å².